The molecule has 0 aromatic rings. The average Bonchev–Trinajstić information content (AvgIpc) is 1.97. The van der Waals surface area contributed by atoms with E-state index >= 15 is 0 Å². The Morgan fingerprint density at radius 1 is 1.80 bits per heavy atom. The van der Waals surface area contributed by atoms with Gasteiger partial charge in [-0.15, -0.1) is 12.6 Å². The van der Waals surface area contributed by atoms with Crippen LogP contribution in [0.1, 0.15) is 6.42 Å². The van der Waals surface area contributed by atoms with Gasteiger partial charge in [-0.1, -0.05) is 0 Å². The molecule has 0 aromatic carbocycles. The van der Waals surface area contributed by atoms with E-state index in [9.17, 15) is 0 Å². The van der Waals surface area contributed by atoms with Crippen LogP contribution in [0.3, 0.4) is 0 Å². The van der Waals surface area contributed by atoms with Crippen LogP contribution in [0.15, 0.2) is 16.1 Å². The first-order valence-electron chi connectivity index (χ1n) is 3.07. The lowest BCUT2D eigenvalue weighted by atomic mass is 10.4. The summed E-state index contributed by atoms with van der Waals surface area (Å²) in [5.74, 6) is 0. The van der Waals surface area contributed by atoms with Gasteiger partial charge >= 0.3 is 0 Å². The molecule has 0 rings (SSSR count). The fourth-order valence-electron chi connectivity index (χ4n) is 0.447. The van der Waals surface area contributed by atoms with E-state index in [1.54, 1.807) is 6.20 Å². The van der Waals surface area contributed by atoms with Crippen molar-refractivity contribution < 1.29 is 0 Å². The van der Waals surface area contributed by atoms with Crippen LogP contribution in [0.5, 0.6) is 0 Å². The van der Waals surface area contributed by atoms with E-state index in [-0.39, 0.29) is 0 Å². The fourth-order valence-corrected chi connectivity index (χ4v) is 0.625. The molecule has 0 aliphatic rings. The second kappa shape index (κ2) is 6.64. The normalized spacial score (nSPS) is 12.8. The number of nitrogens with two attached hydrogens (primary N) is 1. The van der Waals surface area contributed by atoms with Gasteiger partial charge in [-0.2, -0.15) is 0 Å². The van der Waals surface area contributed by atoms with Gasteiger partial charge in [0.05, 0.1) is 6.34 Å². The Balaban J connectivity index is 3.49. The molecule has 0 aromatic heterocycles. The van der Waals surface area contributed by atoms with E-state index in [0.29, 0.717) is 0 Å². The molecule has 58 valence electrons. The van der Waals surface area contributed by atoms with E-state index in [1.165, 1.54) is 6.34 Å². The summed E-state index contributed by atoms with van der Waals surface area (Å²) in [4.78, 5) is 4.64. The van der Waals surface area contributed by atoms with Crippen molar-refractivity contribution in [3.05, 3.63) is 11.1 Å². The standard InChI is InChI=1S/C6H13N3S/c1-8-3-2-6(10)4-9-5-7/h4-5,8,10H,2-3H2,1H3,(H2,7,9)/b6-4-. The maximum absolute atomic E-state index is 5.02. The Bertz CT molecular complexity index is 131. The molecule has 0 saturated heterocycles. The molecule has 0 bridgehead atoms. The first-order chi connectivity index (χ1) is 4.81. The first kappa shape index (κ1) is 9.52. The monoisotopic (exact) mass is 159 g/mol. The van der Waals surface area contributed by atoms with Gasteiger partial charge in [0.25, 0.3) is 0 Å². The van der Waals surface area contributed by atoms with Crippen LogP contribution in [0.25, 0.3) is 0 Å². The van der Waals surface area contributed by atoms with Gasteiger partial charge < -0.3 is 11.1 Å². The van der Waals surface area contributed by atoms with Crippen molar-refractivity contribution in [3.8, 4) is 0 Å². The lowest BCUT2D eigenvalue weighted by molar-refractivity contribution is 0.802. The minimum atomic E-state index is 0.886. The highest BCUT2D eigenvalue weighted by Gasteiger charge is 1.86. The zero-order valence-electron chi connectivity index (χ0n) is 6.04. The summed E-state index contributed by atoms with van der Waals surface area (Å²) in [6.07, 6.45) is 3.77. The zero-order chi connectivity index (χ0) is 7.82. The minimum Gasteiger partial charge on any atom is -0.390 e. The maximum Gasteiger partial charge on any atom is 0.0853 e. The molecule has 3 N–H and O–H groups in total. The molecule has 3 nitrogen and oxygen atoms in total. The summed E-state index contributed by atoms with van der Waals surface area (Å²) < 4.78 is 0. The van der Waals surface area contributed by atoms with Gasteiger partial charge in [0.15, 0.2) is 0 Å². The van der Waals surface area contributed by atoms with Crippen molar-refractivity contribution in [2.75, 3.05) is 13.6 Å². The average molecular weight is 159 g/mol. The highest BCUT2D eigenvalue weighted by atomic mass is 32.1. The van der Waals surface area contributed by atoms with Crippen molar-refractivity contribution in [2.24, 2.45) is 10.7 Å². The summed E-state index contributed by atoms with van der Waals surface area (Å²) >= 11 is 4.15. The quantitative estimate of drug-likeness (QED) is 0.315. The van der Waals surface area contributed by atoms with Gasteiger partial charge in [-0.3, -0.25) is 0 Å². The predicted molar refractivity (Wildman–Crippen MR) is 48.3 cm³/mol. The molecular formula is C6H13N3S. The van der Waals surface area contributed by atoms with E-state index in [4.69, 9.17) is 5.73 Å². The van der Waals surface area contributed by atoms with Crippen molar-refractivity contribution in [3.63, 3.8) is 0 Å². The van der Waals surface area contributed by atoms with Crippen LogP contribution in [0, 0.1) is 0 Å². The Labute approximate surface area is 66.8 Å². The highest BCUT2D eigenvalue weighted by Crippen LogP contribution is 2.03. The number of nitrogens with one attached hydrogen (secondary N) is 1. The minimum absolute atomic E-state index is 0.886. The molecule has 0 unspecified atom stereocenters. The molecule has 0 amide bonds. The number of aliphatic imine (C=N–C) groups is 1. The Morgan fingerprint density at radius 2 is 2.50 bits per heavy atom. The summed E-state index contributed by atoms with van der Waals surface area (Å²) in [5, 5.41) is 3.00. The predicted octanol–water partition coefficient (Wildman–Crippen LogP) is 0.354. The summed E-state index contributed by atoms with van der Waals surface area (Å²) in [6, 6.07) is 0. The molecule has 0 atom stereocenters. The molecule has 0 saturated carbocycles. The van der Waals surface area contributed by atoms with E-state index in [2.05, 4.69) is 22.9 Å². The van der Waals surface area contributed by atoms with Gasteiger partial charge in [-0.05, 0) is 20.0 Å². The van der Waals surface area contributed by atoms with Crippen molar-refractivity contribution in [2.45, 2.75) is 6.42 Å². The summed E-state index contributed by atoms with van der Waals surface area (Å²) in [5.41, 5.74) is 5.02. The molecular weight excluding hydrogens is 146 g/mol. The molecule has 0 radical (unpaired) electrons. The van der Waals surface area contributed by atoms with Crippen molar-refractivity contribution in [1.82, 2.24) is 5.32 Å². The molecule has 0 aliphatic carbocycles. The Kier molecular flexibility index (Phi) is 6.32. The van der Waals surface area contributed by atoms with Crippen LogP contribution < -0.4 is 11.1 Å². The van der Waals surface area contributed by atoms with Crippen molar-refractivity contribution in [1.29, 1.82) is 0 Å². The van der Waals surface area contributed by atoms with E-state index in [1.807, 2.05) is 7.05 Å². The lowest BCUT2D eigenvalue weighted by Crippen LogP contribution is -2.06. The van der Waals surface area contributed by atoms with E-state index in [0.717, 1.165) is 17.9 Å². The maximum atomic E-state index is 5.02. The third-order valence-electron chi connectivity index (χ3n) is 0.941. The van der Waals surface area contributed by atoms with E-state index < -0.39 is 0 Å². The smallest absolute Gasteiger partial charge is 0.0853 e. The number of rotatable bonds is 4. The highest BCUT2D eigenvalue weighted by molar-refractivity contribution is 7.84. The third-order valence-corrected chi connectivity index (χ3v) is 1.28. The van der Waals surface area contributed by atoms with Gasteiger partial charge in [0.2, 0.25) is 0 Å². The summed E-state index contributed by atoms with van der Waals surface area (Å²) in [6.45, 7) is 0.912. The van der Waals surface area contributed by atoms with Gasteiger partial charge in [0, 0.05) is 11.1 Å². The number of hydrogen-bond donors (Lipinski definition) is 3. The van der Waals surface area contributed by atoms with Crippen molar-refractivity contribution >= 4 is 19.0 Å². The summed E-state index contributed by atoms with van der Waals surface area (Å²) in [7, 11) is 1.90. The lowest BCUT2D eigenvalue weighted by Gasteiger charge is -1.95. The topological polar surface area (TPSA) is 50.4 Å². The van der Waals surface area contributed by atoms with Gasteiger partial charge in [0.1, 0.15) is 0 Å². The number of hydrogen-bond acceptors (Lipinski definition) is 3. The molecule has 0 aliphatic heterocycles. The third kappa shape index (κ3) is 5.65. The van der Waals surface area contributed by atoms with Gasteiger partial charge in [-0.25, -0.2) is 4.99 Å². The number of thiol groups is 1. The molecule has 0 heterocycles. The van der Waals surface area contributed by atoms with Crippen LogP contribution >= 0.6 is 12.6 Å². The first-order valence-corrected chi connectivity index (χ1v) is 3.52. The largest absolute Gasteiger partial charge is 0.390 e. The fraction of sp³-hybridized carbons (Fsp3) is 0.500. The molecule has 0 fully saturated rings. The zero-order valence-corrected chi connectivity index (χ0v) is 6.94. The van der Waals surface area contributed by atoms with Crippen LogP contribution in [-0.2, 0) is 0 Å². The van der Waals surface area contributed by atoms with Crippen LogP contribution in [0.4, 0.5) is 0 Å². The Hall–Kier alpha value is -0.480. The van der Waals surface area contributed by atoms with Crippen LogP contribution in [-0.4, -0.2) is 19.9 Å². The molecule has 10 heavy (non-hydrogen) atoms. The molecule has 0 spiro atoms. The van der Waals surface area contributed by atoms with Crippen LogP contribution in [0.2, 0.25) is 0 Å². The second-order valence-electron chi connectivity index (χ2n) is 1.77. The SMILES string of the molecule is CNCC/C(S)=C/N=C/N. The molecule has 4 heteroatoms. The second-order valence-corrected chi connectivity index (χ2v) is 2.35. The number of nitrogens with zero attached hydrogens (tertiary/aromatic N) is 1. The Morgan fingerprint density at radius 3 is 3.00 bits per heavy atom.